The molecule has 3 rings (SSSR count). The Bertz CT molecular complexity index is 962. The first-order valence-electron chi connectivity index (χ1n) is 9.50. The van der Waals surface area contributed by atoms with Gasteiger partial charge in [0.2, 0.25) is 0 Å². The Morgan fingerprint density at radius 3 is 2.72 bits per heavy atom. The zero-order chi connectivity index (χ0) is 20.5. The number of carbonyl (C=O) groups excluding carboxylic acids is 1. The van der Waals surface area contributed by atoms with Crippen LogP contribution in [-0.4, -0.2) is 31.1 Å². The Morgan fingerprint density at radius 2 is 1.90 bits per heavy atom. The molecule has 5 nitrogen and oxygen atoms in total. The summed E-state index contributed by atoms with van der Waals surface area (Å²) in [7, 11) is 1.65. The number of nitrogens with zero attached hydrogens (tertiary/aromatic N) is 1. The van der Waals surface area contributed by atoms with Crippen LogP contribution in [0.4, 0.5) is 10.1 Å². The van der Waals surface area contributed by atoms with Gasteiger partial charge in [0.15, 0.2) is 0 Å². The number of benzene rings is 2. The van der Waals surface area contributed by atoms with Crippen molar-refractivity contribution in [1.29, 1.82) is 0 Å². The third-order valence-corrected chi connectivity index (χ3v) is 4.51. The van der Waals surface area contributed by atoms with Gasteiger partial charge < -0.3 is 15.4 Å². The van der Waals surface area contributed by atoms with E-state index in [-0.39, 0.29) is 11.7 Å². The molecule has 0 bridgehead atoms. The van der Waals surface area contributed by atoms with Gasteiger partial charge in [-0.15, -0.1) is 0 Å². The number of nitrogens with one attached hydrogen (secondary N) is 2. The summed E-state index contributed by atoms with van der Waals surface area (Å²) < 4.78 is 18.9. The summed E-state index contributed by atoms with van der Waals surface area (Å²) >= 11 is 0. The number of carbonyl (C=O) groups is 1. The fourth-order valence-electron chi connectivity index (χ4n) is 2.95. The Balaban J connectivity index is 1.49. The van der Waals surface area contributed by atoms with Crippen LogP contribution in [-0.2, 0) is 12.8 Å². The molecule has 0 aliphatic rings. The molecule has 29 heavy (non-hydrogen) atoms. The molecule has 2 aromatic carbocycles. The molecule has 1 amide bonds. The number of pyridine rings is 1. The van der Waals surface area contributed by atoms with Crippen molar-refractivity contribution in [2.24, 2.45) is 0 Å². The highest BCUT2D eigenvalue weighted by molar-refractivity contribution is 5.93. The van der Waals surface area contributed by atoms with Crippen LogP contribution in [0.3, 0.4) is 0 Å². The minimum absolute atomic E-state index is 0.262. The number of ether oxygens (including phenoxy) is 1. The van der Waals surface area contributed by atoms with Crippen molar-refractivity contribution in [3.05, 3.63) is 89.5 Å². The molecule has 0 radical (unpaired) electrons. The first-order chi connectivity index (χ1) is 14.2. The van der Waals surface area contributed by atoms with Crippen molar-refractivity contribution in [3.63, 3.8) is 0 Å². The predicted molar refractivity (Wildman–Crippen MR) is 112 cm³/mol. The summed E-state index contributed by atoms with van der Waals surface area (Å²) in [6, 6.07) is 18.0. The molecule has 0 spiro atoms. The highest BCUT2D eigenvalue weighted by Crippen LogP contribution is 2.14. The average Bonchev–Trinajstić information content (AvgIpc) is 2.75. The largest absolute Gasteiger partial charge is 0.497 e. The third kappa shape index (κ3) is 6.04. The minimum Gasteiger partial charge on any atom is -0.497 e. The quantitative estimate of drug-likeness (QED) is 0.580. The van der Waals surface area contributed by atoms with Gasteiger partial charge >= 0.3 is 0 Å². The normalized spacial score (nSPS) is 10.4. The molecule has 2 N–H and O–H groups in total. The van der Waals surface area contributed by atoms with Crippen LogP contribution >= 0.6 is 0 Å². The van der Waals surface area contributed by atoms with Crippen LogP contribution in [0.15, 0.2) is 66.9 Å². The smallest absolute Gasteiger partial charge is 0.269 e. The van der Waals surface area contributed by atoms with E-state index in [0.717, 1.165) is 23.4 Å². The van der Waals surface area contributed by atoms with E-state index in [1.807, 2.05) is 30.3 Å². The SMILES string of the molecule is COc1cccc(CCNc2ccnc(C(=O)NCCc3ccccc3F)c2)c1. The maximum Gasteiger partial charge on any atom is 0.269 e. The molecule has 1 aromatic heterocycles. The Kier molecular flexibility index (Phi) is 7.16. The van der Waals surface area contributed by atoms with Crippen LogP contribution in [0.25, 0.3) is 0 Å². The summed E-state index contributed by atoms with van der Waals surface area (Å²) in [6.45, 7) is 1.06. The molecule has 150 valence electrons. The molecule has 0 aliphatic heterocycles. The van der Waals surface area contributed by atoms with Crippen LogP contribution < -0.4 is 15.4 Å². The van der Waals surface area contributed by atoms with Crippen LogP contribution in [0, 0.1) is 5.82 Å². The summed E-state index contributed by atoms with van der Waals surface area (Å²) in [5, 5.41) is 6.09. The second-order valence-electron chi connectivity index (χ2n) is 6.56. The molecule has 0 fully saturated rings. The fourth-order valence-corrected chi connectivity index (χ4v) is 2.95. The maximum absolute atomic E-state index is 13.6. The Morgan fingerprint density at radius 1 is 1.03 bits per heavy atom. The number of amides is 1. The van der Waals surface area contributed by atoms with Gasteiger partial charge in [0.1, 0.15) is 17.3 Å². The first-order valence-corrected chi connectivity index (χ1v) is 9.50. The van der Waals surface area contributed by atoms with E-state index in [1.54, 1.807) is 37.6 Å². The zero-order valence-corrected chi connectivity index (χ0v) is 16.3. The Hall–Kier alpha value is -3.41. The zero-order valence-electron chi connectivity index (χ0n) is 16.3. The lowest BCUT2D eigenvalue weighted by atomic mass is 10.1. The van der Waals surface area contributed by atoms with Gasteiger partial charge in [0.25, 0.3) is 5.91 Å². The summed E-state index contributed by atoms with van der Waals surface area (Å²) in [5.41, 5.74) is 2.89. The number of halogens is 1. The highest BCUT2D eigenvalue weighted by Gasteiger charge is 2.08. The van der Waals surface area contributed by atoms with Crippen molar-refractivity contribution in [3.8, 4) is 5.75 Å². The third-order valence-electron chi connectivity index (χ3n) is 4.51. The van der Waals surface area contributed by atoms with E-state index in [1.165, 1.54) is 6.07 Å². The van der Waals surface area contributed by atoms with Crippen molar-refractivity contribution < 1.29 is 13.9 Å². The van der Waals surface area contributed by atoms with Gasteiger partial charge in [-0.25, -0.2) is 4.39 Å². The number of hydrogen-bond donors (Lipinski definition) is 2. The minimum atomic E-state index is -0.280. The first kappa shape index (κ1) is 20.3. The number of anilines is 1. The van der Waals surface area contributed by atoms with Gasteiger partial charge in [-0.2, -0.15) is 0 Å². The van der Waals surface area contributed by atoms with E-state index in [2.05, 4.69) is 15.6 Å². The lowest BCUT2D eigenvalue weighted by Gasteiger charge is -2.09. The molecule has 0 atom stereocenters. The van der Waals surface area contributed by atoms with Crippen molar-refractivity contribution in [2.45, 2.75) is 12.8 Å². The molecule has 6 heteroatoms. The van der Waals surface area contributed by atoms with Crippen molar-refractivity contribution >= 4 is 11.6 Å². The number of hydrogen-bond acceptors (Lipinski definition) is 4. The molecular weight excluding hydrogens is 369 g/mol. The van der Waals surface area contributed by atoms with Gasteiger partial charge in [-0.05, 0) is 54.3 Å². The van der Waals surface area contributed by atoms with E-state index < -0.39 is 0 Å². The molecule has 0 aliphatic carbocycles. The van der Waals surface area contributed by atoms with E-state index in [0.29, 0.717) is 30.8 Å². The average molecular weight is 393 g/mol. The molecule has 1 heterocycles. The highest BCUT2D eigenvalue weighted by atomic mass is 19.1. The van der Waals surface area contributed by atoms with Gasteiger partial charge in [-0.1, -0.05) is 30.3 Å². The standard InChI is InChI=1S/C23H24FN3O2/c1-29-20-7-4-5-17(15-20)9-12-25-19-11-14-26-22(16-19)23(28)27-13-10-18-6-2-3-8-21(18)24/h2-8,11,14-16H,9-10,12-13H2,1H3,(H,25,26)(H,27,28). The topological polar surface area (TPSA) is 63.2 Å². The van der Waals surface area contributed by atoms with Crippen LogP contribution in [0.5, 0.6) is 5.75 Å². The monoisotopic (exact) mass is 393 g/mol. The van der Waals surface area contributed by atoms with Crippen LogP contribution in [0.2, 0.25) is 0 Å². The number of rotatable bonds is 9. The van der Waals surface area contributed by atoms with Gasteiger partial charge in [0.05, 0.1) is 7.11 Å². The van der Waals surface area contributed by atoms with E-state index >= 15 is 0 Å². The molecule has 0 saturated heterocycles. The molecule has 0 saturated carbocycles. The summed E-state index contributed by atoms with van der Waals surface area (Å²) in [6.07, 6.45) is 2.85. The van der Waals surface area contributed by atoms with Crippen molar-refractivity contribution in [1.82, 2.24) is 10.3 Å². The molecular formula is C23H24FN3O2. The van der Waals surface area contributed by atoms with E-state index in [4.69, 9.17) is 4.74 Å². The van der Waals surface area contributed by atoms with E-state index in [9.17, 15) is 9.18 Å². The van der Waals surface area contributed by atoms with Crippen molar-refractivity contribution in [2.75, 3.05) is 25.5 Å². The fraction of sp³-hybridized carbons (Fsp3) is 0.217. The second kappa shape index (κ2) is 10.2. The Labute approximate surface area is 169 Å². The number of aromatic nitrogens is 1. The maximum atomic E-state index is 13.6. The summed E-state index contributed by atoms with van der Waals surface area (Å²) in [5.74, 6) is 0.292. The summed E-state index contributed by atoms with van der Waals surface area (Å²) in [4.78, 5) is 16.5. The lowest BCUT2D eigenvalue weighted by molar-refractivity contribution is 0.0949. The number of methoxy groups -OCH3 is 1. The molecule has 3 aromatic rings. The van der Waals surface area contributed by atoms with Crippen LogP contribution in [0.1, 0.15) is 21.6 Å². The molecule has 0 unspecified atom stereocenters. The van der Waals surface area contributed by atoms with Gasteiger partial charge in [0, 0.05) is 25.0 Å². The second-order valence-corrected chi connectivity index (χ2v) is 6.56. The predicted octanol–water partition coefficient (Wildman–Crippen LogP) is 3.86. The van der Waals surface area contributed by atoms with Gasteiger partial charge in [-0.3, -0.25) is 9.78 Å². The lowest BCUT2D eigenvalue weighted by Crippen LogP contribution is -2.26.